The molecule has 0 aromatic heterocycles. The topological polar surface area (TPSA) is 77.0 Å². The fourth-order valence-corrected chi connectivity index (χ4v) is 3.13. The van der Waals surface area contributed by atoms with Gasteiger partial charge in [-0.15, -0.1) is 0 Å². The fraction of sp³-hybridized carbons (Fsp3) is 0.348. The van der Waals surface area contributed by atoms with Crippen LogP contribution in [0.3, 0.4) is 0 Å². The van der Waals surface area contributed by atoms with Crippen molar-refractivity contribution < 1.29 is 24.1 Å². The number of ether oxygens (including phenoxy) is 3. The highest BCUT2D eigenvalue weighted by atomic mass is 16.7. The van der Waals surface area contributed by atoms with Gasteiger partial charge in [0.25, 0.3) is 5.91 Å². The summed E-state index contributed by atoms with van der Waals surface area (Å²) >= 11 is 0. The molecule has 2 aromatic rings. The minimum absolute atomic E-state index is 0.0119. The third-order valence-corrected chi connectivity index (χ3v) is 4.74. The van der Waals surface area contributed by atoms with Crippen molar-refractivity contribution in [2.75, 3.05) is 20.3 Å². The van der Waals surface area contributed by atoms with Crippen LogP contribution in [0, 0.1) is 0 Å². The van der Waals surface area contributed by atoms with Crippen LogP contribution in [0.25, 0.3) is 0 Å². The van der Waals surface area contributed by atoms with E-state index in [1.54, 1.807) is 7.11 Å². The lowest BCUT2D eigenvalue weighted by Gasteiger charge is -2.29. The zero-order valence-corrected chi connectivity index (χ0v) is 16.5. The van der Waals surface area contributed by atoms with Crippen LogP contribution in [0.2, 0.25) is 0 Å². The molecule has 0 bridgehead atoms. The van der Waals surface area contributed by atoms with Gasteiger partial charge in [0.15, 0.2) is 5.76 Å². The predicted molar refractivity (Wildman–Crippen MR) is 109 cm³/mol. The van der Waals surface area contributed by atoms with Gasteiger partial charge in [-0.3, -0.25) is 4.79 Å². The third kappa shape index (κ3) is 6.15. The van der Waals surface area contributed by atoms with E-state index in [9.17, 15) is 4.79 Å². The van der Waals surface area contributed by atoms with E-state index in [2.05, 4.69) is 5.32 Å². The molecule has 3 rings (SSSR count). The largest absolute Gasteiger partial charge is 0.459 e. The van der Waals surface area contributed by atoms with E-state index < -0.39 is 6.29 Å². The van der Waals surface area contributed by atoms with Crippen molar-refractivity contribution >= 4 is 5.91 Å². The van der Waals surface area contributed by atoms with Gasteiger partial charge in [0.2, 0.25) is 6.29 Å². The SMILES string of the molecule is COCCNC(=O)C1=C[C@@H](c2ccccc2)C[C@@H](OCc2ccc(CO)cc2)O1. The Labute approximate surface area is 171 Å². The van der Waals surface area contributed by atoms with E-state index in [-0.39, 0.29) is 24.2 Å². The lowest BCUT2D eigenvalue weighted by molar-refractivity contribution is -0.150. The summed E-state index contributed by atoms with van der Waals surface area (Å²) in [7, 11) is 1.59. The molecule has 154 valence electrons. The van der Waals surface area contributed by atoms with Crippen molar-refractivity contribution in [2.24, 2.45) is 0 Å². The van der Waals surface area contributed by atoms with Gasteiger partial charge in [0, 0.05) is 26.0 Å². The first-order valence-corrected chi connectivity index (χ1v) is 9.70. The van der Waals surface area contributed by atoms with Crippen molar-refractivity contribution in [3.8, 4) is 0 Å². The summed E-state index contributed by atoms with van der Waals surface area (Å²) in [6, 6.07) is 17.6. The Balaban J connectivity index is 1.68. The summed E-state index contributed by atoms with van der Waals surface area (Å²) in [6.45, 7) is 1.22. The Bertz CT molecular complexity index is 804. The molecule has 2 aromatic carbocycles. The Morgan fingerprint density at radius 1 is 1.14 bits per heavy atom. The normalized spacial score (nSPS) is 18.6. The smallest absolute Gasteiger partial charge is 0.286 e. The molecular weight excluding hydrogens is 370 g/mol. The molecule has 0 unspecified atom stereocenters. The second kappa shape index (κ2) is 10.8. The van der Waals surface area contributed by atoms with E-state index >= 15 is 0 Å². The molecule has 2 N–H and O–H groups in total. The quantitative estimate of drug-likeness (QED) is 0.637. The molecule has 6 nitrogen and oxygen atoms in total. The summed E-state index contributed by atoms with van der Waals surface area (Å²) in [5.41, 5.74) is 2.94. The number of rotatable bonds is 9. The zero-order valence-electron chi connectivity index (χ0n) is 16.5. The number of aliphatic hydroxyl groups is 1. The van der Waals surface area contributed by atoms with E-state index in [1.165, 1.54) is 0 Å². The van der Waals surface area contributed by atoms with Gasteiger partial charge in [-0.05, 0) is 22.8 Å². The number of nitrogens with one attached hydrogen (secondary N) is 1. The highest BCUT2D eigenvalue weighted by molar-refractivity contribution is 5.91. The van der Waals surface area contributed by atoms with Gasteiger partial charge >= 0.3 is 0 Å². The number of aliphatic hydroxyl groups excluding tert-OH is 1. The van der Waals surface area contributed by atoms with Crippen LogP contribution in [-0.2, 0) is 32.2 Å². The molecule has 0 saturated heterocycles. The molecule has 0 aliphatic carbocycles. The average Bonchev–Trinajstić information content (AvgIpc) is 2.78. The molecule has 29 heavy (non-hydrogen) atoms. The molecule has 0 radical (unpaired) electrons. The molecule has 0 saturated carbocycles. The number of methoxy groups -OCH3 is 1. The Hall–Kier alpha value is -2.67. The third-order valence-electron chi connectivity index (χ3n) is 4.74. The molecule has 1 aliphatic rings. The second-order valence-corrected chi connectivity index (χ2v) is 6.87. The Kier molecular flexibility index (Phi) is 7.81. The first kappa shape index (κ1) is 21.0. The van der Waals surface area contributed by atoms with Gasteiger partial charge in [-0.25, -0.2) is 0 Å². The Morgan fingerprint density at radius 2 is 1.86 bits per heavy atom. The first-order chi connectivity index (χ1) is 14.2. The van der Waals surface area contributed by atoms with Crippen LogP contribution in [0.5, 0.6) is 0 Å². The van der Waals surface area contributed by atoms with Crippen LogP contribution in [0.1, 0.15) is 29.0 Å². The van der Waals surface area contributed by atoms with Crippen LogP contribution < -0.4 is 5.32 Å². The summed E-state index contributed by atoms with van der Waals surface area (Å²) in [6.07, 6.45) is 1.94. The first-order valence-electron chi connectivity index (χ1n) is 9.70. The van der Waals surface area contributed by atoms with Crippen molar-refractivity contribution in [1.82, 2.24) is 5.32 Å². The van der Waals surface area contributed by atoms with Gasteiger partial charge in [0.1, 0.15) is 0 Å². The van der Waals surface area contributed by atoms with Gasteiger partial charge in [-0.2, -0.15) is 0 Å². The van der Waals surface area contributed by atoms with Crippen molar-refractivity contribution in [3.05, 3.63) is 83.1 Å². The maximum absolute atomic E-state index is 12.5. The number of carbonyl (C=O) groups is 1. The number of carbonyl (C=O) groups excluding carboxylic acids is 1. The second-order valence-electron chi connectivity index (χ2n) is 6.87. The Morgan fingerprint density at radius 3 is 2.55 bits per heavy atom. The lowest BCUT2D eigenvalue weighted by Crippen LogP contribution is -2.34. The predicted octanol–water partition coefficient (Wildman–Crippen LogP) is 2.87. The van der Waals surface area contributed by atoms with Gasteiger partial charge < -0.3 is 24.6 Å². The summed E-state index contributed by atoms with van der Waals surface area (Å²) in [5, 5.41) is 12.0. The molecule has 0 spiro atoms. The summed E-state index contributed by atoms with van der Waals surface area (Å²) < 4.78 is 16.8. The monoisotopic (exact) mass is 397 g/mol. The minimum Gasteiger partial charge on any atom is -0.459 e. The molecule has 1 heterocycles. The average molecular weight is 397 g/mol. The number of hydrogen-bond donors (Lipinski definition) is 2. The van der Waals surface area contributed by atoms with Crippen LogP contribution in [-0.4, -0.2) is 37.6 Å². The number of benzene rings is 2. The molecule has 1 aliphatic heterocycles. The highest BCUT2D eigenvalue weighted by Crippen LogP contribution is 2.31. The number of hydrogen-bond acceptors (Lipinski definition) is 5. The lowest BCUT2D eigenvalue weighted by atomic mass is 9.93. The zero-order chi connectivity index (χ0) is 20.5. The summed E-state index contributed by atoms with van der Waals surface area (Å²) in [4.78, 5) is 12.5. The summed E-state index contributed by atoms with van der Waals surface area (Å²) in [5.74, 6) is 0.0142. The maximum Gasteiger partial charge on any atom is 0.286 e. The van der Waals surface area contributed by atoms with Crippen LogP contribution in [0.4, 0.5) is 0 Å². The van der Waals surface area contributed by atoms with Gasteiger partial charge in [-0.1, -0.05) is 54.6 Å². The van der Waals surface area contributed by atoms with Crippen molar-refractivity contribution in [3.63, 3.8) is 0 Å². The number of allylic oxidation sites excluding steroid dienone is 1. The standard InChI is InChI=1S/C23H27NO5/c1-27-12-11-24-23(26)21-13-20(19-5-3-2-4-6-19)14-22(29-21)28-16-18-9-7-17(15-25)8-10-18/h2-10,13,20,22,25H,11-12,14-16H2,1H3,(H,24,26)/t20-,22+/m1/s1. The van der Waals surface area contributed by atoms with E-state index in [0.29, 0.717) is 26.2 Å². The minimum atomic E-state index is -0.536. The number of amides is 1. The maximum atomic E-state index is 12.5. The molecule has 0 fully saturated rings. The molecule has 1 amide bonds. The molecular formula is C23H27NO5. The van der Waals surface area contributed by atoms with E-state index in [0.717, 1.165) is 16.7 Å². The highest BCUT2D eigenvalue weighted by Gasteiger charge is 2.28. The molecule has 6 heteroatoms. The fourth-order valence-electron chi connectivity index (χ4n) is 3.13. The molecule has 2 atom stereocenters. The van der Waals surface area contributed by atoms with Gasteiger partial charge in [0.05, 0.1) is 19.8 Å². The van der Waals surface area contributed by atoms with E-state index in [1.807, 2.05) is 60.7 Å². The van der Waals surface area contributed by atoms with Crippen molar-refractivity contribution in [2.45, 2.75) is 31.8 Å². The van der Waals surface area contributed by atoms with Crippen LogP contribution in [0.15, 0.2) is 66.4 Å². The van der Waals surface area contributed by atoms with Crippen LogP contribution >= 0.6 is 0 Å². The van der Waals surface area contributed by atoms with Crippen molar-refractivity contribution in [1.29, 1.82) is 0 Å². The van der Waals surface area contributed by atoms with E-state index in [4.69, 9.17) is 19.3 Å².